The molecule has 0 aliphatic rings. The summed E-state index contributed by atoms with van der Waals surface area (Å²) in [5, 5.41) is 7.68. The smallest absolute Gasteiger partial charge is 0.0423 e. The maximum absolute atomic E-state index is 7.68. The van der Waals surface area contributed by atoms with Crippen LogP contribution in [0.2, 0.25) is 0 Å². The molecule has 1 N–H and O–H groups in total. The highest BCUT2D eigenvalue weighted by Gasteiger charge is 1.95. The predicted octanol–water partition coefficient (Wildman–Crippen LogP) is 3.02. The summed E-state index contributed by atoms with van der Waals surface area (Å²) in [5.74, 6) is 0. The first-order valence-corrected chi connectivity index (χ1v) is 4.08. The van der Waals surface area contributed by atoms with E-state index in [0.717, 1.165) is 12.0 Å². The van der Waals surface area contributed by atoms with Gasteiger partial charge in [-0.1, -0.05) is 42.5 Å². The molecule has 0 atom stereocenters. The van der Waals surface area contributed by atoms with Crippen molar-refractivity contribution in [1.29, 1.82) is 5.41 Å². The largest absolute Gasteiger partial charge is 0.304 e. The van der Waals surface area contributed by atoms with E-state index in [9.17, 15) is 0 Å². The van der Waals surface area contributed by atoms with Crippen molar-refractivity contribution >= 4 is 5.71 Å². The summed E-state index contributed by atoms with van der Waals surface area (Å²) >= 11 is 0. The molecule has 0 radical (unpaired) electrons. The lowest BCUT2D eigenvalue weighted by Gasteiger charge is -1.98. The van der Waals surface area contributed by atoms with E-state index in [1.165, 1.54) is 0 Å². The van der Waals surface area contributed by atoms with Gasteiger partial charge in [0.2, 0.25) is 0 Å². The third-order valence-corrected chi connectivity index (χ3v) is 1.68. The minimum atomic E-state index is 0.675. The minimum Gasteiger partial charge on any atom is -0.304 e. The molecule has 0 amide bonds. The molecule has 0 saturated heterocycles. The summed E-state index contributed by atoms with van der Waals surface area (Å²) in [5.41, 5.74) is 1.68. The Labute approximate surface area is 73.3 Å². The molecule has 1 aromatic carbocycles. The van der Waals surface area contributed by atoms with Crippen molar-refractivity contribution in [2.75, 3.05) is 0 Å². The summed E-state index contributed by atoms with van der Waals surface area (Å²) in [6, 6.07) is 9.81. The average molecular weight is 159 g/mol. The van der Waals surface area contributed by atoms with Gasteiger partial charge in [0, 0.05) is 12.1 Å². The normalized spacial score (nSPS) is 10.4. The molecule has 0 heterocycles. The van der Waals surface area contributed by atoms with E-state index in [1.807, 2.05) is 49.4 Å². The first-order chi connectivity index (χ1) is 5.84. The first-order valence-electron chi connectivity index (χ1n) is 4.08. The topological polar surface area (TPSA) is 23.9 Å². The summed E-state index contributed by atoms with van der Waals surface area (Å²) in [4.78, 5) is 0. The molecular formula is C11H13N. The molecule has 0 unspecified atom stereocenters. The van der Waals surface area contributed by atoms with Crippen LogP contribution < -0.4 is 0 Å². The molecular weight excluding hydrogens is 146 g/mol. The Morgan fingerprint density at radius 3 is 2.58 bits per heavy atom. The highest BCUT2D eigenvalue weighted by molar-refractivity contribution is 5.98. The number of hydrogen-bond donors (Lipinski definition) is 1. The van der Waals surface area contributed by atoms with Crippen molar-refractivity contribution in [1.82, 2.24) is 0 Å². The van der Waals surface area contributed by atoms with E-state index in [4.69, 9.17) is 5.41 Å². The zero-order valence-electron chi connectivity index (χ0n) is 7.25. The van der Waals surface area contributed by atoms with Crippen LogP contribution in [-0.4, -0.2) is 5.71 Å². The second-order valence-electron chi connectivity index (χ2n) is 2.62. The van der Waals surface area contributed by atoms with Crippen LogP contribution in [0.4, 0.5) is 0 Å². The lowest BCUT2D eigenvalue weighted by Crippen LogP contribution is -1.95. The van der Waals surface area contributed by atoms with Crippen molar-refractivity contribution in [3.05, 3.63) is 48.0 Å². The lowest BCUT2D eigenvalue weighted by molar-refractivity contribution is 1.35. The highest BCUT2D eigenvalue weighted by Crippen LogP contribution is 2.02. The number of benzene rings is 1. The fourth-order valence-corrected chi connectivity index (χ4v) is 0.993. The molecule has 12 heavy (non-hydrogen) atoms. The van der Waals surface area contributed by atoms with Gasteiger partial charge >= 0.3 is 0 Å². The van der Waals surface area contributed by atoms with Gasteiger partial charge in [0.15, 0.2) is 0 Å². The van der Waals surface area contributed by atoms with Gasteiger partial charge in [-0.25, -0.2) is 0 Å². The van der Waals surface area contributed by atoms with Crippen LogP contribution in [0.5, 0.6) is 0 Å². The van der Waals surface area contributed by atoms with Gasteiger partial charge in [-0.3, -0.25) is 0 Å². The van der Waals surface area contributed by atoms with Crippen molar-refractivity contribution in [3.8, 4) is 0 Å². The second-order valence-corrected chi connectivity index (χ2v) is 2.62. The van der Waals surface area contributed by atoms with Gasteiger partial charge in [0.25, 0.3) is 0 Å². The Hall–Kier alpha value is -1.37. The molecule has 1 aromatic rings. The second kappa shape index (κ2) is 4.50. The molecule has 0 spiro atoms. The molecule has 0 saturated carbocycles. The number of nitrogens with one attached hydrogen (secondary N) is 1. The summed E-state index contributed by atoms with van der Waals surface area (Å²) in [6.45, 7) is 1.97. The quantitative estimate of drug-likeness (QED) is 0.518. The van der Waals surface area contributed by atoms with Gasteiger partial charge < -0.3 is 5.41 Å². The van der Waals surface area contributed by atoms with Gasteiger partial charge in [-0.15, -0.1) is 0 Å². The third kappa shape index (κ3) is 2.35. The lowest BCUT2D eigenvalue weighted by atomic mass is 10.1. The number of allylic oxidation sites excluding steroid dienone is 2. The Balaban J connectivity index is 2.66. The zero-order chi connectivity index (χ0) is 8.81. The monoisotopic (exact) mass is 159 g/mol. The van der Waals surface area contributed by atoms with Crippen LogP contribution in [0.3, 0.4) is 0 Å². The van der Waals surface area contributed by atoms with Crippen LogP contribution in [0.1, 0.15) is 18.9 Å². The van der Waals surface area contributed by atoms with Crippen LogP contribution in [-0.2, 0) is 0 Å². The standard InChI is InChI=1S/C11H13N/c1-2-3-9-11(12)10-7-5-4-6-8-10/h2-8,12H,9H2,1H3/b3-2+,12-11?. The molecule has 0 aliphatic heterocycles. The van der Waals surface area contributed by atoms with E-state index in [0.29, 0.717) is 5.71 Å². The van der Waals surface area contributed by atoms with Crippen molar-refractivity contribution in [2.45, 2.75) is 13.3 Å². The van der Waals surface area contributed by atoms with Crippen LogP contribution in [0.15, 0.2) is 42.5 Å². The molecule has 1 heteroatoms. The first kappa shape index (κ1) is 8.72. The maximum atomic E-state index is 7.68. The summed E-state index contributed by atoms with van der Waals surface area (Å²) in [6.07, 6.45) is 4.69. The van der Waals surface area contributed by atoms with E-state index in [2.05, 4.69) is 0 Å². The Kier molecular flexibility index (Phi) is 3.27. The summed E-state index contributed by atoms with van der Waals surface area (Å²) in [7, 11) is 0. The zero-order valence-corrected chi connectivity index (χ0v) is 7.25. The molecule has 1 rings (SSSR count). The highest BCUT2D eigenvalue weighted by atomic mass is 14.4. The molecule has 0 bridgehead atoms. The van der Waals surface area contributed by atoms with E-state index in [1.54, 1.807) is 0 Å². The molecule has 0 fully saturated rings. The van der Waals surface area contributed by atoms with Crippen molar-refractivity contribution in [2.24, 2.45) is 0 Å². The number of rotatable bonds is 3. The Bertz CT molecular complexity index is 272. The van der Waals surface area contributed by atoms with Crippen LogP contribution in [0.25, 0.3) is 0 Å². The van der Waals surface area contributed by atoms with Crippen molar-refractivity contribution in [3.63, 3.8) is 0 Å². The predicted molar refractivity (Wildman–Crippen MR) is 52.7 cm³/mol. The maximum Gasteiger partial charge on any atom is 0.0423 e. The van der Waals surface area contributed by atoms with Gasteiger partial charge in [0.1, 0.15) is 0 Å². The van der Waals surface area contributed by atoms with Gasteiger partial charge in [-0.2, -0.15) is 0 Å². The van der Waals surface area contributed by atoms with Gasteiger partial charge in [-0.05, 0) is 12.5 Å². The third-order valence-electron chi connectivity index (χ3n) is 1.68. The Morgan fingerprint density at radius 2 is 2.00 bits per heavy atom. The fourth-order valence-electron chi connectivity index (χ4n) is 0.993. The molecule has 1 nitrogen and oxygen atoms in total. The van der Waals surface area contributed by atoms with E-state index >= 15 is 0 Å². The molecule has 0 aromatic heterocycles. The van der Waals surface area contributed by atoms with E-state index < -0.39 is 0 Å². The average Bonchev–Trinajstić information content (AvgIpc) is 2.15. The SMILES string of the molecule is C/C=C/CC(=N)c1ccccc1. The van der Waals surface area contributed by atoms with Crippen LogP contribution in [0, 0.1) is 5.41 Å². The Morgan fingerprint density at radius 1 is 1.33 bits per heavy atom. The van der Waals surface area contributed by atoms with Crippen molar-refractivity contribution < 1.29 is 0 Å². The minimum absolute atomic E-state index is 0.675. The summed E-state index contributed by atoms with van der Waals surface area (Å²) < 4.78 is 0. The molecule has 0 aliphatic carbocycles. The molecule has 62 valence electrons. The van der Waals surface area contributed by atoms with Gasteiger partial charge in [0.05, 0.1) is 0 Å². The fraction of sp³-hybridized carbons (Fsp3) is 0.182. The van der Waals surface area contributed by atoms with E-state index in [-0.39, 0.29) is 0 Å². The number of hydrogen-bond acceptors (Lipinski definition) is 1. The van der Waals surface area contributed by atoms with Crippen LogP contribution >= 0.6 is 0 Å².